The number of hydrogen-bond donors (Lipinski definition) is 2. The fourth-order valence-electron chi connectivity index (χ4n) is 2.91. The van der Waals surface area contributed by atoms with E-state index in [0.717, 1.165) is 0 Å². The summed E-state index contributed by atoms with van der Waals surface area (Å²) in [7, 11) is 0. The maximum Gasteiger partial charge on any atom is 0.308 e. The Morgan fingerprint density at radius 2 is 2.00 bits per heavy atom. The molecular weight excluding hydrogens is 301 g/mol. The maximum absolute atomic E-state index is 13.0. The van der Waals surface area contributed by atoms with Crippen LogP contribution < -0.4 is 0 Å². The van der Waals surface area contributed by atoms with Crippen molar-refractivity contribution in [2.45, 2.75) is 6.92 Å². The van der Waals surface area contributed by atoms with Gasteiger partial charge < -0.3 is 10.0 Å². The van der Waals surface area contributed by atoms with E-state index >= 15 is 0 Å². The number of likely N-dealkylation sites (tertiary alicyclic amines) is 1. The lowest BCUT2D eigenvalue weighted by Crippen LogP contribution is -2.30. The van der Waals surface area contributed by atoms with Crippen LogP contribution in [0.25, 0.3) is 11.3 Å². The third-order valence-corrected chi connectivity index (χ3v) is 4.22. The first kappa shape index (κ1) is 15.2. The van der Waals surface area contributed by atoms with Crippen molar-refractivity contribution in [2.24, 2.45) is 11.8 Å². The number of carbonyl (C=O) groups excluding carboxylic acids is 1. The second-order valence-corrected chi connectivity index (χ2v) is 5.80. The van der Waals surface area contributed by atoms with Crippen LogP contribution in [0.2, 0.25) is 0 Å². The molecule has 0 saturated carbocycles. The quantitative estimate of drug-likeness (QED) is 0.906. The van der Waals surface area contributed by atoms with Gasteiger partial charge in [-0.1, -0.05) is 6.92 Å². The number of aromatic nitrogens is 2. The highest BCUT2D eigenvalue weighted by Gasteiger charge is 2.38. The Bertz CT molecular complexity index is 741. The second-order valence-electron chi connectivity index (χ2n) is 5.80. The van der Waals surface area contributed by atoms with E-state index in [1.165, 1.54) is 23.2 Å². The van der Waals surface area contributed by atoms with Gasteiger partial charge in [0.25, 0.3) is 5.91 Å². The van der Waals surface area contributed by atoms with Gasteiger partial charge in [-0.2, -0.15) is 5.10 Å². The van der Waals surface area contributed by atoms with Crippen molar-refractivity contribution >= 4 is 11.9 Å². The summed E-state index contributed by atoms with van der Waals surface area (Å²) in [4.78, 5) is 25.4. The fraction of sp³-hybridized carbons (Fsp3) is 0.312. The van der Waals surface area contributed by atoms with Gasteiger partial charge in [-0.3, -0.25) is 14.7 Å². The molecule has 1 aliphatic rings. The average Bonchev–Trinajstić information content (AvgIpc) is 3.14. The zero-order chi connectivity index (χ0) is 16.6. The van der Waals surface area contributed by atoms with E-state index in [9.17, 15) is 19.1 Å². The third kappa shape index (κ3) is 2.81. The number of aliphatic carboxylic acids is 1. The molecule has 3 rings (SSSR count). The van der Waals surface area contributed by atoms with E-state index < -0.39 is 11.9 Å². The van der Waals surface area contributed by atoms with Crippen molar-refractivity contribution in [3.8, 4) is 11.3 Å². The molecule has 120 valence electrons. The van der Waals surface area contributed by atoms with Crippen molar-refractivity contribution in [3.05, 3.63) is 41.8 Å². The lowest BCUT2D eigenvalue weighted by molar-refractivity contribution is -0.142. The van der Waals surface area contributed by atoms with Crippen molar-refractivity contribution in [3.63, 3.8) is 0 Å². The van der Waals surface area contributed by atoms with Crippen LogP contribution in [0.5, 0.6) is 0 Å². The number of carbonyl (C=O) groups is 2. The molecule has 23 heavy (non-hydrogen) atoms. The van der Waals surface area contributed by atoms with Gasteiger partial charge in [0.15, 0.2) is 0 Å². The van der Waals surface area contributed by atoms with Gasteiger partial charge in [0, 0.05) is 18.7 Å². The summed E-state index contributed by atoms with van der Waals surface area (Å²) in [5.41, 5.74) is 1.51. The lowest BCUT2D eigenvalue weighted by atomic mass is 9.99. The number of carboxylic acid groups (broad SMARTS) is 1. The van der Waals surface area contributed by atoms with Crippen LogP contribution in [0.4, 0.5) is 4.39 Å². The monoisotopic (exact) mass is 317 g/mol. The first-order chi connectivity index (χ1) is 11.0. The zero-order valence-corrected chi connectivity index (χ0v) is 12.5. The number of H-pyrrole nitrogens is 1. The molecule has 1 amide bonds. The molecule has 6 nitrogen and oxygen atoms in total. The summed E-state index contributed by atoms with van der Waals surface area (Å²) < 4.78 is 13.0. The summed E-state index contributed by atoms with van der Waals surface area (Å²) in [5.74, 6) is -2.18. The summed E-state index contributed by atoms with van der Waals surface area (Å²) >= 11 is 0. The molecule has 0 aliphatic carbocycles. The highest BCUT2D eigenvalue weighted by atomic mass is 19.1. The number of aromatic amines is 1. The van der Waals surface area contributed by atoms with Crippen LogP contribution in [-0.4, -0.2) is 45.2 Å². The van der Waals surface area contributed by atoms with Gasteiger partial charge in [0.2, 0.25) is 0 Å². The minimum atomic E-state index is -0.890. The van der Waals surface area contributed by atoms with E-state index in [4.69, 9.17) is 0 Å². The van der Waals surface area contributed by atoms with Crippen LogP contribution in [0.3, 0.4) is 0 Å². The highest BCUT2D eigenvalue weighted by Crippen LogP contribution is 2.28. The van der Waals surface area contributed by atoms with E-state index in [0.29, 0.717) is 23.4 Å². The molecule has 0 unspecified atom stereocenters. The third-order valence-electron chi connectivity index (χ3n) is 4.22. The lowest BCUT2D eigenvalue weighted by Gasteiger charge is -2.15. The topological polar surface area (TPSA) is 86.3 Å². The van der Waals surface area contributed by atoms with Crippen LogP contribution in [0.1, 0.15) is 17.3 Å². The van der Waals surface area contributed by atoms with Crippen molar-refractivity contribution in [1.82, 2.24) is 15.1 Å². The highest BCUT2D eigenvalue weighted by molar-refractivity contribution is 6.00. The van der Waals surface area contributed by atoms with Gasteiger partial charge in [0.05, 0.1) is 23.4 Å². The van der Waals surface area contributed by atoms with Crippen molar-refractivity contribution in [1.29, 1.82) is 0 Å². The summed E-state index contributed by atoms with van der Waals surface area (Å²) in [6, 6.07) is 5.74. The molecule has 1 aliphatic heterocycles. The summed E-state index contributed by atoms with van der Waals surface area (Å²) in [5, 5.41) is 15.8. The molecule has 2 aromatic rings. The minimum absolute atomic E-state index is 0.0994. The molecule has 1 aromatic heterocycles. The van der Waals surface area contributed by atoms with E-state index in [2.05, 4.69) is 10.2 Å². The second kappa shape index (κ2) is 5.83. The van der Waals surface area contributed by atoms with Crippen LogP contribution in [-0.2, 0) is 4.79 Å². The predicted octanol–water partition coefficient (Wildman–Crippen LogP) is 2.01. The first-order valence-electron chi connectivity index (χ1n) is 7.28. The number of carboxylic acids is 1. The molecule has 1 fully saturated rings. The Balaban J connectivity index is 1.86. The number of amides is 1. The largest absolute Gasteiger partial charge is 0.481 e. The minimum Gasteiger partial charge on any atom is -0.481 e. The number of nitrogens with zero attached hydrogens (tertiary/aromatic N) is 2. The van der Waals surface area contributed by atoms with Gasteiger partial charge >= 0.3 is 5.97 Å². The molecule has 2 heterocycles. The molecular formula is C16H16FN3O3. The SMILES string of the molecule is C[C@@H]1CN(C(=O)c2cn[nH]c2-c2ccc(F)cc2)C[C@H]1C(=O)O. The Morgan fingerprint density at radius 3 is 2.61 bits per heavy atom. The standard InChI is InChI=1S/C16H16FN3O3/c1-9-7-20(8-13(9)16(22)23)15(21)12-6-18-19-14(12)10-2-4-11(17)5-3-10/h2-6,9,13H,7-8H2,1H3,(H,18,19)(H,22,23)/t9-,13-/m1/s1. The van der Waals surface area contributed by atoms with Crippen LogP contribution >= 0.6 is 0 Å². The van der Waals surface area contributed by atoms with Gasteiger partial charge in [-0.25, -0.2) is 4.39 Å². The predicted molar refractivity (Wildman–Crippen MR) is 80.2 cm³/mol. The van der Waals surface area contributed by atoms with E-state index in [1.807, 2.05) is 6.92 Å². The van der Waals surface area contributed by atoms with E-state index in [-0.39, 0.29) is 24.2 Å². The Morgan fingerprint density at radius 1 is 1.30 bits per heavy atom. The van der Waals surface area contributed by atoms with Gasteiger partial charge in [-0.05, 0) is 30.2 Å². The van der Waals surface area contributed by atoms with Crippen molar-refractivity contribution in [2.75, 3.05) is 13.1 Å². The number of halogens is 1. The fourth-order valence-corrected chi connectivity index (χ4v) is 2.91. The molecule has 2 N–H and O–H groups in total. The Hall–Kier alpha value is -2.70. The van der Waals surface area contributed by atoms with E-state index in [1.54, 1.807) is 12.1 Å². The number of rotatable bonds is 3. The van der Waals surface area contributed by atoms with Gasteiger partial charge in [-0.15, -0.1) is 0 Å². The molecule has 1 aromatic carbocycles. The summed E-state index contributed by atoms with van der Waals surface area (Å²) in [6.45, 7) is 2.40. The number of benzene rings is 1. The molecule has 7 heteroatoms. The van der Waals surface area contributed by atoms with Crippen LogP contribution in [0, 0.1) is 17.7 Å². The number of nitrogens with one attached hydrogen (secondary N) is 1. The number of hydrogen-bond acceptors (Lipinski definition) is 3. The molecule has 0 spiro atoms. The normalized spacial score (nSPS) is 20.7. The smallest absolute Gasteiger partial charge is 0.308 e. The average molecular weight is 317 g/mol. The first-order valence-corrected chi connectivity index (χ1v) is 7.28. The maximum atomic E-state index is 13.0. The molecule has 0 bridgehead atoms. The molecule has 1 saturated heterocycles. The van der Waals surface area contributed by atoms with Crippen LogP contribution in [0.15, 0.2) is 30.5 Å². The zero-order valence-electron chi connectivity index (χ0n) is 12.5. The molecule has 2 atom stereocenters. The Labute approximate surface area is 131 Å². The van der Waals surface area contributed by atoms with Crippen molar-refractivity contribution < 1.29 is 19.1 Å². The Kier molecular flexibility index (Phi) is 3.85. The van der Waals surface area contributed by atoms with Gasteiger partial charge in [0.1, 0.15) is 5.82 Å². The molecule has 0 radical (unpaired) electrons. The summed E-state index contributed by atoms with van der Waals surface area (Å²) in [6.07, 6.45) is 1.42.